The van der Waals surface area contributed by atoms with E-state index in [2.05, 4.69) is 21.2 Å². The molecular formula is C14H18BrNO2. The van der Waals surface area contributed by atoms with Crippen LogP contribution in [0.4, 0.5) is 0 Å². The van der Waals surface area contributed by atoms with Crippen LogP contribution in [0.5, 0.6) is 0 Å². The minimum Gasteiger partial charge on any atom is -0.391 e. The van der Waals surface area contributed by atoms with E-state index in [1.54, 1.807) is 0 Å². The van der Waals surface area contributed by atoms with E-state index < -0.39 is 0 Å². The molecule has 0 spiro atoms. The van der Waals surface area contributed by atoms with Crippen molar-refractivity contribution in [1.82, 2.24) is 5.32 Å². The Morgan fingerprint density at radius 1 is 1.50 bits per heavy atom. The summed E-state index contributed by atoms with van der Waals surface area (Å²) in [5, 5.41) is 12.6. The predicted octanol–water partition coefficient (Wildman–Crippen LogP) is 2.33. The van der Waals surface area contributed by atoms with Crippen molar-refractivity contribution >= 4 is 21.8 Å². The standard InChI is InChI=1S/C14H18BrNO2/c1-9-5-6-10(7-11(9)15)8-14(18)16-12-3-2-4-13(12)17/h5-7,12-13,17H,2-4,8H2,1H3,(H,16,18)/t12-,13+/m1/s1. The number of amides is 1. The molecule has 18 heavy (non-hydrogen) atoms. The molecule has 1 amide bonds. The van der Waals surface area contributed by atoms with Crippen molar-refractivity contribution in [2.24, 2.45) is 0 Å². The van der Waals surface area contributed by atoms with Crippen molar-refractivity contribution in [2.45, 2.75) is 44.8 Å². The van der Waals surface area contributed by atoms with Gasteiger partial charge < -0.3 is 10.4 Å². The van der Waals surface area contributed by atoms with Gasteiger partial charge in [0.25, 0.3) is 0 Å². The van der Waals surface area contributed by atoms with Crippen molar-refractivity contribution in [1.29, 1.82) is 0 Å². The summed E-state index contributed by atoms with van der Waals surface area (Å²) in [6.45, 7) is 2.02. The van der Waals surface area contributed by atoms with Crippen LogP contribution >= 0.6 is 15.9 Å². The summed E-state index contributed by atoms with van der Waals surface area (Å²) in [4.78, 5) is 11.9. The molecule has 1 aromatic carbocycles. The highest BCUT2D eigenvalue weighted by molar-refractivity contribution is 9.10. The van der Waals surface area contributed by atoms with Gasteiger partial charge in [-0.05, 0) is 43.4 Å². The second-order valence-electron chi connectivity index (χ2n) is 4.93. The number of hydrogen-bond donors (Lipinski definition) is 2. The molecule has 2 rings (SSSR count). The number of aliphatic hydroxyl groups excluding tert-OH is 1. The summed E-state index contributed by atoms with van der Waals surface area (Å²) in [5.41, 5.74) is 2.14. The fraction of sp³-hybridized carbons (Fsp3) is 0.500. The monoisotopic (exact) mass is 311 g/mol. The summed E-state index contributed by atoms with van der Waals surface area (Å²) in [5.74, 6) is -0.0169. The van der Waals surface area contributed by atoms with Gasteiger partial charge in [-0.2, -0.15) is 0 Å². The molecule has 0 aromatic heterocycles. The molecule has 0 aliphatic heterocycles. The molecule has 98 valence electrons. The van der Waals surface area contributed by atoms with Gasteiger partial charge in [-0.15, -0.1) is 0 Å². The van der Waals surface area contributed by atoms with Crippen molar-refractivity contribution in [3.05, 3.63) is 33.8 Å². The number of benzene rings is 1. The first-order valence-electron chi connectivity index (χ1n) is 6.28. The van der Waals surface area contributed by atoms with Crippen molar-refractivity contribution in [2.75, 3.05) is 0 Å². The van der Waals surface area contributed by atoms with E-state index >= 15 is 0 Å². The van der Waals surface area contributed by atoms with E-state index in [9.17, 15) is 9.90 Å². The highest BCUT2D eigenvalue weighted by Gasteiger charge is 2.26. The van der Waals surface area contributed by atoms with Crippen LogP contribution in [0.15, 0.2) is 22.7 Å². The maximum absolute atomic E-state index is 11.9. The predicted molar refractivity (Wildman–Crippen MR) is 74.4 cm³/mol. The molecular weight excluding hydrogens is 294 g/mol. The lowest BCUT2D eigenvalue weighted by molar-refractivity contribution is -0.121. The summed E-state index contributed by atoms with van der Waals surface area (Å²) in [6.07, 6.45) is 2.65. The van der Waals surface area contributed by atoms with Gasteiger partial charge in [0, 0.05) is 4.47 Å². The van der Waals surface area contributed by atoms with E-state index in [1.165, 1.54) is 0 Å². The fourth-order valence-electron chi connectivity index (χ4n) is 2.30. The Morgan fingerprint density at radius 2 is 2.28 bits per heavy atom. The topological polar surface area (TPSA) is 49.3 Å². The lowest BCUT2D eigenvalue weighted by atomic mass is 10.1. The highest BCUT2D eigenvalue weighted by Crippen LogP contribution is 2.20. The first kappa shape index (κ1) is 13.6. The molecule has 1 aliphatic rings. The number of hydrogen-bond acceptors (Lipinski definition) is 2. The number of carbonyl (C=O) groups is 1. The van der Waals surface area contributed by atoms with Crippen LogP contribution in [0.25, 0.3) is 0 Å². The van der Waals surface area contributed by atoms with Gasteiger partial charge in [-0.25, -0.2) is 0 Å². The molecule has 1 aromatic rings. The van der Waals surface area contributed by atoms with Gasteiger partial charge in [-0.3, -0.25) is 4.79 Å². The Bertz CT molecular complexity index is 447. The van der Waals surface area contributed by atoms with E-state index in [0.29, 0.717) is 6.42 Å². The average Bonchev–Trinajstić information content (AvgIpc) is 2.70. The van der Waals surface area contributed by atoms with Crippen LogP contribution in [-0.2, 0) is 11.2 Å². The van der Waals surface area contributed by atoms with Crippen LogP contribution in [0.1, 0.15) is 30.4 Å². The molecule has 0 unspecified atom stereocenters. The van der Waals surface area contributed by atoms with Crippen LogP contribution in [-0.4, -0.2) is 23.2 Å². The fourth-order valence-corrected chi connectivity index (χ4v) is 2.72. The summed E-state index contributed by atoms with van der Waals surface area (Å²) in [6, 6.07) is 5.87. The number of halogens is 1. The van der Waals surface area contributed by atoms with Crippen molar-refractivity contribution < 1.29 is 9.90 Å². The number of nitrogens with one attached hydrogen (secondary N) is 1. The summed E-state index contributed by atoms with van der Waals surface area (Å²) in [7, 11) is 0. The molecule has 0 heterocycles. The van der Waals surface area contributed by atoms with Gasteiger partial charge in [-0.1, -0.05) is 28.1 Å². The molecule has 3 nitrogen and oxygen atoms in total. The molecule has 0 bridgehead atoms. The number of carbonyl (C=O) groups excluding carboxylic acids is 1. The Hall–Kier alpha value is -0.870. The van der Waals surface area contributed by atoms with Gasteiger partial charge in [0.2, 0.25) is 5.91 Å². The maximum Gasteiger partial charge on any atom is 0.224 e. The SMILES string of the molecule is Cc1ccc(CC(=O)N[C@@H]2CCC[C@@H]2O)cc1Br. The lowest BCUT2D eigenvalue weighted by Gasteiger charge is -2.16. The van der Waals surface area contributed by atoms with E-state index in [0.717, 1.165) is 34.9 Å². The van der Waals surface area contributed by atoms with Crippen LogP contribution in [0.3, 0.4) is 0 Å². The van der Waals surface area contributed by atoms with Crippen molar-refractivity contribution in [3.8, 4) is 0 Å². The summed E-state index contributed by atoms with van der Waals surface area (Å²) < 4.78 is 1.02. The largest absolute Gasteiger partial charge is 0.391 e. The van der Waals surface area contributed by atoms with E-state index in [4.69, 9.17) is 0 Å². The number of rotatable bonds is 3. The van der Waals surface area contributed by atoms with E-state index in [1.807, 2.05) is 25.1 Å². The zero-order valence-electron chi connectivity index (χ0n) is 10.4. The first-order valence-corrected chi connectivity index (χ1v) is 7.08. The Kier molecular flexibility index (Phi) is 4.40. The Labute approximate surface area is 116 Å². The minimum absolute atomic E-state index is 0.0169. The highest BCUT2D eigenvalue weighted by atomic mass is 79.9. The molecule has 1 saturated carbocycles. The minimum atomic E-state index is -0.376. The second kappa shape index (κ2) is 5.85. The smallest absolute Gasteiger partial charge is 0.224 e. The zero-order valence-corrected chi connectivity index (χ0v) is 12.0. The third kappa shape index (κ3) is 3.33. The quantitative estimate of drug-likeness (QED) is 0.900. The van der Waals surface area contributed by atoms with Gasteiger partial charge in [0.05, 0.1) is 18.6 Å². The normalized spacial score (nSPS) is 23.1. The third-order valence-corrected chi connectivity index (χ3v) is 4.28. The second-order valence-corrected chi connectivity index (χ2v) is 5.79. The van der Waals surface area contributed by atoms with E-state index in [-0.39, 0.29) is 18.1 Å². The lowest BCUT2D eigenvalue weighted by Crippen LogP contribution is -2.40. The third-order valence-electron chi connectivity index (χ3n) is 3.43. The van der Waals surface area contributed by atoms with Gasteiger partial charge in [0.1, 0.15) is 0 Å². The number of aliphatic hydroxyl groups is 1. The maximum atomic E-state index is 11.9. The molecule has 0 saturated heterocycles. The Balaban J connectivity index is 1.92. The molecule has 0 radical (unpaired) electrons. The van der Waals surface area contributed by atoms with Gasteiger partial charge >= 0.3 is 0 Å². The van der Waals surface area contributed by atoms with Crippen LogP contribution in [0.2, 0.25) is 0 Å². The summed E-state index contributed by atoms with van der Waals surface area (Å²) >= 11 is 3.46. The molecule has 1 fully saturated rings. The molecule has 2 atom stereocenters. The molecule has 4 heteroatoms. The van der Waals surface area contributed by atoms with Crippen LogP contribution in [0, 0.1) is 6.92 Å². The first-order chi connectivity index (χ1) is 8.56. The van der Waals surface area contributed by atoms with Crippen molar-refractivity contribution in [3.63, 3.8) is 0 Å². The number of aryl methyl sites for hydroxylation is 1. The molecule has 2 N–H and O–H groups in total. The average molecular weight is 312 g/mol. The Morgan fingerprint density at radius 3 is 2.89 bits per heavy atom. The van der Waals surface area contributed by atoms with Gasteiger partial charge in [0.15, 0.2) is 0 Å². The van der Waals surface area contributed by atoms with Crippen LogP contribution < -0.4 is 5.32 Å². The molecule has 1 aliphatic carbocycles. The zero-order chi connectivity index (χ0) is 13.1.